The molecule has 2 N–H and O–H groups in total. The highest BCUT2D eigenvalue weighted by molar-refractivity contribution is 5.79. The van der Waals surface area contributed by atoms with Crippen LogP contribution >= 0.6 is 0 Å². The van der Waals surface area contributed by atoms with Gasteiger partial charge < -0.3 is 19.9 Å². The van der Waals surface area contributed by atoms with E-state index in [1.54, 1.807) is 11.2 Å². The van der Waals surface area contributed by atoms with Crippen LogP contribution in [0.1, 0.15) is 25.1 Å². The predicted octanol–water partition coefficient (Wildman–Crippen LogP) is 0.00470. The largest absolute Gasteiger partial charge is 0.481 e. The summed E-state index contributed by atoms with van der Waals surface area (Å²) in [6, 6.07) is -0.235. The maximum atomic E-state index is 12.3. The molecule has 3 unspecified atom stereocenters. The number of carboxylic acid groups (broad SMARTS) is 1. The van der Waals surface area contributed by atoms with Crippen LogP contribution in [0.15, 0.2) is 6.33 Å². The number of fused-ring (bicyclic) bond motifs is 2. The minimum atomic E-state index is -0.793. The van der Waals surface area contributed by atoms with Crippen LogP contribution in [0.5, 0.6) is 0 Å². The molecule has 114 valence electrons. The fourth-order valence-electron chi connectivity index (χ4n) is 3.48. The van der Waals surface area contributed by atoms with Gasteiger partial charge in [0.25, 0.3) is 0 Å². The molecule has 3 atom stereocenters. The number of hydrogen-bond donors (Lipinski definition) is 2. The third-order valence-electron chi connectivity index (χ3n) is 4.52. The van der Waals surface area contributed by atoms with Gasteiger partial charge in [0.15, 0.2) is 0 Å². The van der Waals surface area contributed by atoms with Gasteiger partial charge in [0.1, 0.15) is 12.2 Å². The number of aliphatic carboxylic acids is 1. The first-order valence-corrected chi connectivity index (χ1v) is 7.19. The average molecular weight is 293 g/mol. The van der Waals surface area contributed by atoms with Crippen molar-refractivity contribution < 1.29 is 14.7 Å². The summed E-state index contributed by atoms with van der Waals surface area (Å²) >= 11 is 0. The number of rotatable bonds is 4. The smallest absolute Gasteiger partial charge is 0.317 e. The first-order chi connectivity index (χ1) is 10.1. The third-order valence-corrected chi connectivity index (χ3v) is 4.52. The van der Waals surface area contributed by atoms with Crippen LogP contribution in [0, 0.1) is 5.92 Å². The molecule has 8 nitrogen and oxygen atoms in total. The zero-order valence-corrected chi connectivity index (χ0v) is 11.9. The van der Waals surface area contributed by atoms with E-state index in [-0.39, 0.29) is 18.1 Å². The Morgan fingerprint density at radius 1 is 1.48 bits per heavy atom. The Hall–Kier alpha value is -2.12. The number of amides is 2. The fourth-order valence-corrected chi connectivity index (χ4v) is 3.48. The van der Waals surface area contributed by atoms with Crippen LogP contribution in [-0.4, -0.2) is 55.4 Å². The Bertz CT molecular complexity index is 558. The molecule has 1 aromatic rings. The van der Waals surface area contributed by atoms with Gasteiger partial charge in [-0.25, -0.2) is 4.79 Å². The molecule has 8 heteroatoms. The lowest BCUT2D eigenvalue weighted by Gasteiger charge is -2.23. The van der Waals surface area contributed by atoms with Crippen molar-refractivity contribution in [3.8, 4) is 0 Å². The number of carboxylic acids is 1. The fraction of sp³-hybridized carbons (Fsp3) is 0.692. The lowest BCUT2D eigenvalue weighted by atomic mass is 9.89. The lowest BCUT2D eigenvalue weighted by molar-refractivity contribution is -0.142. The van der Waals surface area contributed by atoms with E-state index >= 15 is 0 Å². The van der Waals surface area contributed by atoms with E-state index in [4.69, 9.17) is 0 Å². The van der Waals surface area contributed by atoms with E-state index in [2.05, 4.69) is 15.5 Å². The molecule has 3 rings (SSSR count). The predicted molar refractivity (Wildman–Crippen MR) is 72.5 cm³/mol. The van der Waals surface area contributed by atoms with Gasteiger partial charge in [-0.3, -0.25) is 4.79 Å². The maximum Gasteiger partial charge on any atom is 0.317 e. The van der Waals surface area contributed by atoms with Gasteiger partial charge in [-0.1, -0.05) is 0 Å². The number of carbonyl (C=O) groups excluding carboxylic acids is 1. The standard InChI is InChI=1S/C13H19N5O3/c1-17-7-15-16-11(17)4-5-14-13(21)18-8-2-3-10(18)9(6-8)12(19)20/h7-10H,2-6H2,1H3,(H,14,21)(H,19,20). The number of aromatic nitrogens is 3. The highest BCUT2D eigenvalue weighted by Crippen LogP contribution is 2.41. The third kappa shape index (κ3) is 2.45. The molecule has 0 radical (unpaired) electrons. The van der Waals surface area contributed by atoms with Crippen LogP contribution in [0.3, 0.4) is 0 Å². The molecular formula is C13H19N5O3. The van der Waals surface area contributed by atoms with Crippen LogP contribution in [0.4, 0.5) is 4.79 Å². The summed E-state index contributed by atoms with van der Waals surface area (Å²) in [6.07, 6.45) is 4.50. The Kier molecular flexibility index (Phi) is 3.52. The van der Waals surface area contributed by atoms with Crippen molar-refractivity contribution >= 4 is 12.0 Å². The number of hydrogen-bond acceptors (Lipinski definition) is 4. The van der Waals surface area contributed by atoms with Crippen LogP contribution < -0.4 is 5.32 Å². The summed E-state index contributed by atoms with van der Waals surface area (Å²) in [6.45, 7) is 0.471. The molecule has 3 heterocycles. The second kappa shape index (κ2) is 5.34. The Morgan fingerprint density at radius 3 is 2.90 bits per heavy atom. The molecular weight excluding hydrogens is 274 g/mol. The summed E-state index contributed by atoms with van der Waals surface area (Å²) < 4.78 is 1.81. The Morgan fingerprint density at radius 2 is 2.29 bits per heavy atom. The first-order valence-electron chi connectivity index (χ1n) is 7.19. The van der Waals surface area contributed by atoms with E-state index in [9.17, 15) is 14.7 Å². The molecule has 1 aromatic heterocycles. The highest BCUT2D eigenvalue weighted by Gasteiger charge is 2.51. The molecule has 0 aliphatic carbocycles. The average Bonchev–Trinajstić information content (AvgIpc) is 3.13. The zero-order valence-electron chi connectivity index (χ0n) is 11.9. The van der Waals surface area contributed by atoms with E-state index in [1.165, 1.54) is 0 Å². The van der Waals surface area contributed by atoms with Gasteiger partial charge in [-0.15, -0.1) is 10.2 Å². The molecule has 2 amide bonds. The number of aryl methyl sites for hydroxylation is 1. The van der Waals surface area contributed by atoms with Crippen LogP contribution in [0.2, 0.25) is 0 Å². The Labute approximate surface area is 122 Å². The molecule has 2 fully saturated rings. The van der Waals surface area contributed by atoms with Crippen molar-refractivity contribution in [3.63, 3.8) is 0 Å². The number of nitrogens with one attached hydrogen (secondary N) is 1. The van der Waals surface area contributed by atoms with Crippen molar-refractivity contribution in [2.45, 2.75) is 37.8 Å². The van der Waals surface area contributed by atoms with Crippen LogP contribution in [-0.2, 0) is 18.3 Å². The van der Waals surface area contributed by atoms with E-state index in [0.717, 1.165) is 18.7 Å². The first kappa shape index (κ1) is 13.8. The SMILES string of the molecule is Cn1cnnc1CCNC(=O)N1C2CCC1C(C(=O)O)C2. The summed E-state index contributed by atoms with van der Waals surface area (Å²) in [4.78, 5) is 25.2. The Balaban J connectivity index is 1.54. The molecule has 2 aliphatic rings. The molecule has 2 bridgehead atoms. The highest BCUT2D eigenvalue weighted by atomic mass is 16.4. The van der Waals surface area contributed by atoms with Crippen LogP contribution in [0.25, 0.3) is 0 Å². The summed E-state index contributed by atoms with van der Waals surface area (Å²) in [5.74, 6) is -0.393. The van der Waals surface area contributed by atoms with E-state index in [1.807, 2.05) is 11.6 Å². The summed E-state index contributed by atoms with van der Waals surface area (Å²) in [7, 11) is 1.86. The van der Waals surface area contributed by atoms with Gasteiger partial charge in [0.05, 0.1) is 5.92 Å². The summed E-state index contributed by atoms with van der Waals surface area (Å²) in [5, 5.41) is 19.8. The van der Waals surface area contributed by atoms with Gasteiger partial charge in [-0.05, 0) is 19.3 Å². The van der Waals surface area contributed by atoms with Crippen molar-refractivity contribution in [1.29, 1.82) is 0 Å². The van der Waals surface area contributed by atoms with E-state index < -0.39 is 11.9 Å². The monoisotopic (exact) mass is 293 g/mol. The minimum Gasteiger partial charge on any atom is -0.481 e. The second-order valence-electron chi connectivity index (χ2n) is 5.73. The van der Waals surface area contributed by atoms with Crippen molar-refractivity contribution in [3.05, 3.63) is 12.2 Å². The quantitative estimate of drug-likeness (QED) is 0.814. The molecule has 0 spiro atoms. The molecule has 0 saturated carbocycles. The lowest BCUT2D eigenvalue weighted by Crippen LogP contribution is -2.44. The maximum absolute atomic E-state index is 12.3. The normalized spacial score (nSPS) is 27.1. The topological polar surface area (TPSA) is 100 Å². The molecule has 2 aliphatic heterocycles. The zero-order chi connectivity index (χ0) is 15.0. The number of carbonyl (C=O) groups is 2. The van der Waals surface area contributed by atoms with Crippen molar-refractivity contribution in [1.82, 2.24) is 25.0 Å². The minimum absolute atomic E-state index is 0.0749. The molecule has 0 aromatic carbocycles. The van der Waals surface area contributed by atoms with Gasteiger partial charge in [0.2, 0.25) is 0 Å². The number of urea groups is 1. The van der Waals surface area contributed by atoms with Crippen molar-refractivity contribution in [2.24, 2.45) is 13.0 Å². The molecule has 21 heavy (non-hydrogen) atoms. The van der Waals surface area contributed by atoms with Gasteiger partial charge >= 0.3 is 12.0 Å². The summed E-state index contributed by atoms with van der Waals surface area (Å²) in [5.41, 5.74) is 0. The van der Waals surface area contributed by atoms with E-state index in [0.29, 0.717) is 19.4 Å². The van der Waals surface area contributed by atoms with Gasteiger partial charge in [-0.2, -0.15) is 0 Å². The molecule has 2 saturated heterocycles. The number of nitrogens with zero attached hydrogens (tertiary/aromatic N) is 4. The van der Waals surface area contributed by atoms with Crippen molar-refractivity contribution in [2.75, 3.05) is 6.54 Å². The second-order valence-corrected chi connectivity index (χ2v) is 5.73. The van der Waals surface area contributed by atoms with Gasteiger partial charge in [0, 0.05) is 32.1 Å².